The maximum atomic E-state index is 14.8. The van der Waals surface area contributed by atoms with Gasteiger partial charge in [0.05, 0.1) is 31.0 Å². The van der Waals surface area contributed by atoms with Crippen molar-refractivity contribution in [1.82, 2.24) is 45.5 Å². The van der Waals surface area contributed by atoms with Crippen molar-refractivity contribution in [2.75, 3.05) is 25.4 Å². The zero-order valence-electron chi connectivity index (χ0n) is 31.0. The fourth-order valence-corrected chi connectivity index (χ4v) is 6.40. The van der Waals surface area contributed by atoms with E-state index in [1.807, 2.05) is 13.8 Å². The molecule has 1 fully saturated rings. The van der Waals surface area contributed by atoms with E-state index in [1.54, 1.807) is 42.1 Å². The molecule has 0 unspecified atom stereocenters. The van der Waals surface area contributed by atoms with Crippen LogP contribution in [0.15, 0.2) is 65.2 Å². The van der Waals surface area contributed by atoms with Gasteiger partial charge >= 0.3 is 5.97 Å². The molecule has 0 radical (unpaired) electrons. The minimum atomic E-state index is -1.51. The molecule has 17 nitrogen and oxygen atoms in total. The zero-order chi connectivity index (χ0) is 39.5. The molecule has 2 bridgehead atoms. The summed E-state index contributed by atoms with van der Waals surface area (Å²) in [5.74, 6) is -2.77. The first-order valence-corrected chi connectivity index (χ1v) is 18.2. The first-order valence-electron chi connectivity index (χ1n) is 18.2. The van der Waals surface area contributed by atoms with Crippen LogP contribution in [-0.4, -0.2) is 108 Å². The van der Waals surface area contributed by atoms with Crippen molar-refractivity contribution in [3.63, 3.8) is 0 Å². The number of allylic oxidation sites excluding steroid dienone is 2. The van der Waals surface area contributed by atoms with Crippen molar-refractivity contribution in [3.05, 3.63) is 72.4 Å². The van der Waals surface area contributed by atoms with Crippen LogP contribution in [0.4, 0.5) is 10.2 Å². The lowest BCUT2D eigenvalue weighted by Crippen LogP contribution is -2.44. The van der Waals surface area contributed by atoms with Gasteiger partial charge in [0.15, 0.2) is 11.6 Å². The number of carbonyl (C=O) groups is 4. The number of nitrogens with two attached hydrogens (primary N) is 1. The molecule has 5 N–H and O–H groups in total. The number of fused-ring (bicyclic) bond motifs is 3. The normalized spacial score (nSPS) is 25.3. The molecule has 5 heterocycles. The highest BCUT2D eigenvalue weighted by molar-refractivity contribution is 5.95. The molecule has 3 aromatic heterocycles. The van der Waals surface area contributed by atoms with Gasteiger partial charge in [-0.05, 0) is 31.8 Å². The second kappa shape index (κ2) is 19.0. The Morgan fingerprint density at radius 3 is 2.78 bits per heavy atom. The summed E-state index contributed by atoms with van der Waals surface area (Å²) in [4.78, 5) is 67.0. The highest BCUT2D eigenvalue weighted by atomic mass is 19.1. The smallest absolute Gasteiger partial charge is 0.329 e. The highest BCUT2D eigenvalue weighted by Crippen LogP contribution is 2.27. The molecule has 5 atom stereocenters. The fraction of sp³-hybridized carbons (Fsp3) is 0.486. The molecular formula is C37H47FN10O7. The van der Waals surface area contributed by atoms with E-state index in [2.05, 4.69) is 35.9 Å². The second-order valence-corrected chi connectivity index (χ2v) is 13.9. The maximum absolute atomic E-state index is 14.8. The Morgan fingerprint density at radius 1 is 1.18 bits per heavy atom. The summed E-state index contributed by atoms with van der Waals surface area (Å²) in [6.07, 6.45) is 8.62. The lowest BCUT2D eigenvalue weighted by atomic mass is 9.89. The largest absolute Gasteiger partial charge is 0.460 e. The summed E-state index contributed by atoms with van der Waals surface area (Å²) >= 11 is 0. The van der Waals surface area contributed by atoms with Crippen molar-refractivity contribution in [2.45, 2.75) is 83.8 Å². The molecule has 0 aliphatic carbocycles. The number of esters is 1. The molecule has 294 valence electrons. The van der Waals surface area contributed by atoms with Crippen molar-refractivity contribution in [2.24, 2.45) is 11.8 Å². The first-order chi connectivity index (χ1) is 26.4. The number of oxazole rings is 1. The number of alkyl halides is 1. The SMILES string of the molecule is CC1=C\[C@@H](O)C[C@@H](F)Cc2nc(co2)C(=O)N2CCC[C@@H]2C(=O)O[C@H](C(C)C)[C@H](CC(=O)NCCn2cc(-c3cc(N)ncn3)nn2)/C=C/C(=O)NC\C=C\1. The van der Waals surface area contributed by atoms with Crippen molar-refractivity contribution < 1.29 is 37.8 Å². The Balaban J connectivity index is 1.32. The average Bonchev–Trinajstić information content (AvgIpc) is 3.92. The third-order valence-corrected chi connectivity index (χ3v) is 9.08. The Labute approximate surface area is 317 Å². The summed E-state index contributed by atoms with van der Waals surface area (Å²) in [6.45, 7) is 6.30. The number of aliphatic hydroxyl groups excluding tert-OH is 1. The van der Waals surface area contributed by atoms with E-state index in [0.29, 0.717) is 36.3 Å². The zero-order valence-corrected chi connectivity index (χ0v) is 31.0. The molecule has 0 aromatic carbocycles. The molecule has 2 aliphatic rings. The number of nitrogen functional groups attached to an aromatic ring is 1. The third kappa shape index (κ3) is 11.6. The topological polar surface area (TPSA) is 234 Å². The molecule has 1 saturated heterocycles. The summed E-state index contributed by atoms with van der Waals surface area (Å²) in [5, 5.41) is 24.2. The number of hydrogen-bond acceptors (Lipinski definition) is 13. The van der Waals surface area contributed by atoms with Crippen LogP contribution in [0, 0.1) is 11.8 Å². The fourth-order valence-electron chi connectivity index (χ4n) is 6.40. The first kappa shape index (κ1) is 40.4. The van der Waals surface area contributed by atoms with Gasteiger partial charge in [-0.25, -0.2) is 24.1 Å². The van der Waals surface area contributed by atoms with Gasteiger partial charge in [-0.2, -0.15) is 0 Å². The van der Waals surface area contributed by atoms with Crippen molar-refractivity contribution >= 4 is 29.5 Å². The van der Waals surface area contributed by atoms with Crippen molar-refractivity contribution in [1.29, 1.82) is 0 Å². The summed E-state index contributed by atoms with van der Waals surface area (Å²) in [6, 6.07) is 0.636. The number of rotatable bonds is 7. The number of hydrogen-bond donors (Lipinski definition) is 4. The molecule has 2 aliphatic heterocycles. The van der Waals surface area contributed by atoms with Gasteiger partial charge in [0.2, 0.25) is 11.8 Å². The number of nitrogens with one attached hydrogen (secondary N) is 2. The van der Waals surface area contributed by atoms with Gasteiger partial charge in [0.25, 0.3) is 5.91 Å². The van der Waals surface area contributed by atoms with E-state index in [4.69, 9.17) is 14.9 Å². The molecule has 5 rings (SSSR count). The summed E-state index contributed by atoms with van der Waals surface area (Å²) in [7, 11) is 0. The van der Waals surface area contributed by atoms with Crippen LogP contribution < -0.4 is 16.4 Å². The number of carbonyl (C=O) groups excluding carboxylic acids is 4. The molecular weight excluding hydrogens is 715 g/mol. The predicted molar refractivity (Wildman–Crippen MR) is 196 cm³/mol. The van der Waals surface area contributed by atoms with Crippen LogP contribution >= 0.6 is 0 Å². The third-order valence-electron chi connectivity index (χ3n) is 9.08. The van der Waals surface area contributed by atoms with Crippen LogP contribution in [0.2, 0.25) is 0 Å². The van der Waals surface area contributed by atoms with Crippen molar-refractivity contribution in [3.8, 4) is 11.4 Å². The Bertz CT molecular complexity index is 1910. The van der Waals surface area contributed by atoms with Gasteiger partial charge in [-0.15, -0.1) is 5.10 Å². The highest BCUT2D eigenvalue weighted by Gasteiger charge is 2.39. The van der Waals surface area contributed by atoms with E-state index in [9.17, 15) is 28.7 Å². The Kier molecular flexibility index (Phi) is 14.0. The average molecular weight is 763 g/mol. The Morgan fingerprint density at radius 2 is 2.00 bits per heavy atom. The minimum absolute atomic E-state index is 0.0113. The number of aliphatic hydroxyl groups is 1. The summed E-state index contributed by atoms with van der Waals surface area (Å²) < 4.78 is 27.9. The van der Waals surface area contributed by atoms with Crippen LogP contribution in [0.5, 0.6) is 0 Å². The van der Waals surface area contributed by atoms with Crippen LogP contribution in [0.25, 0.3) is 11.4 Å². The van der Waals surface area contributed by atoms with Crippen LogP contribution in [-0.2, 0) is 32.1 Å². The van der Waals surface area contributed by atoms with E-state index in [-0.39, 0.29) is 68.1 Å². The lowest BCUT2D eigenvalue weighted by molar-refractivity contribution is -0.159. The number of cyclic esters (lactones) is 1. The molecule has 3 aromatic rings. The second-order valence-electron chi connectivity index (χ2n) is 13.9. The molecule has 55 heavy (non-hydrogen) atoms. The number of anilines is 1. The van der Waals surface area contributed by atoms with Gasteiger partial charge in [-0.1, -0.05) is 48.9 Å². The van der Waals surface area contributed by atoms with E-state index in [0.717, 1.165) is 6.26 Å². The Hall–Kier alpha value is -5.78. The number of amides is 3. The van der Waals surface area contributed by atoms with Crippen LogP contribution in [0.1, 0.15) is 62.8 Å². The van der Waals surface area contributed by atoms with Gasteiger partial charge in [0, 0.05) is 44.5 Å². The number of aromatic nitrogens is 6. The van der Waals surface area contributed by atoms with Gasteiger partial charge in [-0.3, -0.25) is 19.1 Å². The molecule has 0 saturated carbocycles. The monoisotopic (exact) mass is 762 g/mol. The van der Waals surface area contributed by atoms with E-state index in [1.165, 1.54) is 23.4 Å². The maximum Gasteiger partial charge on any atom is 0.329 e. The van der Waals surface area contributed by atoms with Gasteiger partial charge in [0.1, 0.15) is 42.4 Å². The molecule has 18 heteroatoms. The lowest BCUT2D eigenvalue weighted by Gasteiger charge is -2.30. The predicted octanol–water partition coefficient (Wildman–Crippen LogP) is 2.12. The van der Waals surface area contributed by atoms with E-state index >= 15 is 0 Å². The number of halogens is 1. The standard InChI is InChI=1S/C37H47FN10O7/c1-22(2)35-24(15-33(51)41-11-13-47-19-28(45-46-47)27-18-31(39)43-21-42-27)8-9-32(50)40-10-4-6-23(3)14-26(49)16-25(38)17-34-44-29(20-54-34)36(52)48-12-5-7-30(48)37(53)55-35/h4,6,8-9,14,18-22,24-26,30,35,49H,5,7,10-13,15-17H2,1-3H3,(H,40,50)(H,41,51)(H2,39,42,43)/b6-4+,9-8+,23-14+/t24-,25+,26+,30+,35+/m0/s1. The summed E-state index contributed by atoms with van der Waals surface area (Å²) in [5.41, 5.74) is 7.31. The number of nitrogens with zero attached hydrogens (tertiary/aromatic N) is 7. The minimum Gasteiger partial charge on any atom is -0.460 e. The van der Waals surface area contributed by atoms with Gasteiger partial charge < -0.3 is 35.5 Å². The quantitative estimate of drug-likeness (QED) is 0.253. The van der Waals surface area contributed by atoms with Crippen LogP contribution in [0.3, 0.4) is 0 Å². The van der Waals surface area contributed by atoms with E-state index < -0.39 is 48.1 Å². The molecule has 0 spiro atoms. The number of ether oxygens (including phenoxy) is 1. The molecule has 3 amide bonds.